The van der Waals surface area contributed by atoms with Crippen LogP contribution in [0.25, 0.3) is 0 Å². The fraction of sp³-hybridized carbons (Fsp3) is 0.545. The van der Waals surface area contributed by atoms with Gasteiger partial charge in [-0.3, -0.25) is 4.98 Å². The molecule has 0 aliphatic heterocycles. The van der Waals surface area contributed by atoms with Crippen molar-refractivity contribution < 1.29 is 5.11 Å². The summed E-state index contributed by atoms with van der Waals surface area (Å²) in [6.07, 6.45) is 3.93. The first-order valence-electron chi connectivity index (χ1n) is 5.05. The molecule has 14 heavy (non-hydrogen) atoms. The lowest BCUT2D eigenvalue weighted by molar-refractivity contribution is 0.194. The average Bonchev–Trinajstić information content (AvgIpc) is 3.00. The number of hydrogen-bond donors (Lipinski definition) is 1. The number of aliphatic hydroxyl groups excluding tert-OH is 1. The SMILES string of the molecule is C[C@H](O)c1ccc(N(C)C2CC2)cn1. The molecule has 0 bridgehead atoms. The van der Waals surface area contributed by atoms with Crippen LogP contribution >= 0.6 is 0 Å². The molecule has 1 atom stereocenters. The van der Waals surface area contributed by atoms with Gasteiger partial charge in [-0.15, -0.1) is 0 Å². The molecule has 2 rings (SSSR count). The summed E-state index contributed by atoms with van der Waals surface area (Å²) in [5.74, 6) is 0. The topological polar surface area (TPSA) is 36.4 Å². The lowest BCUT2D eigenvalue weighted by Crippen LogP contribution is -2.19. The van der Waals surface area contributed by atoms with Crippen molar-refractivity contribution in [1.82, 2.24) is 4.98 Å². The smallest absolute Gasteiger partial charge is 0.0931 e. The molecule has 3 nitrogen and oxygen atoms in total. The summed E-state index contributed by atoms with van der Waals surface area (Å²) in [7, 11) is 2.09. The molecule has 1 aliphatic rings. The van der Waals surface area contributed by atoms with Crippen molar-refractivity contribution in [3.05, 3.63) is 24.0 Å². The van der Waals surface area contributed by atoms with E-state index >= 15 is 0 Å². The highest BCUT2D eigenvalue weighted by atomic mass is 16.3. The second-order valence-electron chi connectivity index (χ2n) is 3.96. The fourth-order valence-electron chi connectivity index (χ4n) is 1.53. The highest BCUT2D eigenvalue weighted by Crippen LogP contribution is 2.29. The number of anilines is 1. The molecule has 0 spiro atoms. The molecule has 1 aromatic heterocycles. The molecule has 0 amide bonds. The van der Waals surface area contributed by atoms with E-state index in [1.807, 2.05) is 18.3 Å². The van der Waals surface area contributed by atoms with Gasteiger partial charge in [-0.1, -0.05) is 0 Å². The van der Waals surface area contributed by atoms with Gasteiger partial charge in [0.25, 0.3) is 0 Å². The largest absolute Gasteiger partial charge is 0.387 e. The van der Waals surface area contributed by atoms with Gasteiger partial charge in [0.2, 0.25) is 0 Å². The van der Waals surface area contributed by atoms with Crippen molar-refractivity contribution >= 4 is 5.69 Å². The monoisotopic (exact) mass is 192 g/mol. The molecule has 0 unspecified atom stereocenters. The summed E-state index contributed by atoms with van der Waals surface area (Å²) in [6, 6.07) is 4.61. The van der Waals surface area contributed by atoms with Gasteiger partial charge < -0.3 is 10.0 Å². The number of rotatable bonds is 3. The minimum atomic E-state index is -0.477. The Hall–Kier alpha value is -1.09. The Kier molecular flexibility index (Phi) is 2.42. The summed E-state index contributed by atoms with van der Waals surface area (Å²) in [4.78, 5) is 6.47. The van der Waals surface area contributed by atoms with Gasteiger partial charge in [0.05, 0.1) is 23.7 Å². The minimum Gasteiger partial charge on any atom is -0.387 e. The lowest BCUT2D eigenvalue weighted by Gasteiger charge is -2.18. The fourth-order valence-corrected chi connectivity index (χ4v) is 1.53. The van der Waals surface area contributed by atoms with Crippen LogP contribution in [0, 0.1) is 0 Å². The number of nitrogens with zero attached hydrogens (tertiary/aromatic N) is 2. The first-order chi connectivity index (χ1) is 6.68. The van der Waals surface area contributed by atoms with Crippen LogP contribution in [-0.2, 0) is 0 Å². The van der Waals surface area contributed by atoms with Gasteiger partial charge in [0, 0.05) is 13.1 Å². The Morgan fingerprint density at radius 3 is 2.64 bits per heavy atom. The Morgan fingerprint density at radius 2 is 2.21 bits per heavy atom. The van der Waals surface area contributed by atoms with E-state index < -0.39 is 6.10 Å². The van der Waals surface area contributed by atoms with Crippen molar-refractivity contribution in [3.8, 4) is 0 Å². The second-order valence-corrected chi connectivity index (χ2v) is 3.96. The van der Waals surface area contributed by atoms with Crippen molar-refractivity contribution in [2.45, 2.75) is 31.9 Å². The first kappa shape index (κ1) is 9.46. The standard InChI is InChI=1S/C11H16N2O/c1-8(14)11-6-5-10(7-12-11)13(2)9-3-4-9/h5-9,14H,3-4H2,1-2H3/t8-/m0/s1. The second kappa shape index (κ2) is 3.58. The van der Waals surface area contributed by atoms with Crippen molar-refractivity contribution in [1.29, 1.82) is 0 Å². The molecule has 1 N–H and O–H groups in total. The molecule has 0 aromatic carbocycles. The molecule has 76 valence electrons. The van der Waals surface area contributed by atoms with E-state index in [9.17, 15) is 5.11 Å². The van der Waals surface area contributed by atoms with Crippen molar-refractivity contribution in [2.24, 2.45) is 0 Å². The highest BCUT2D eigenvalue weighted by Gasteiger charge is 2.26. The van der Waals surface area contributed by atoms with E-state index in [0.717, 1.165) is 11.4 Å². The predicted octanol–water partition coefficient (Wildman–Crippen LogP) is 1.73. The number of pyridine rings is 1. The third kappa shape index (κ3) is 1.87. The van der Waals surface area contributed by atoms with Crippen LogP contribution in [0.15, 0.2) is 18.3 Å². The highest BCUT2D eigenvalue weighted by molar-refractivity contribution is 5.46. The average molecular weight is 192 g/mol. The number of hydrogen-bond acceptors (Lipinski definition) is 3. The summed E-state index contributed by atoms with van der Waals surface area (Å²) in [5.41, 5.74) is 1.87. The number of aromatic nitrogens is 1. The molecule has 1 aliphatic carbocycles. The number of aliphatic hydroxyl groups is 1. The normalized spacial score (nSPS) is 17.9. The zero-order chi connectivity index (χ0) is 10.1. The van der Waals surface area contributed by atoms with E-state index in [1.165, 1.54) is 12.8 Å². The van der Waals surface area contributed by atoms with E-state index in [0.29, 0.717) is 6.04 Å². The third-order valence-electron chi connectivity index (χ3n) is 2.70. The van der Waals surface area contributed by atoms with E-state index in [-0.39, 0.29) is 0 Å². The molecule has 1 saturated carbocycles. The summed E-state index contributed by atoms with van der Waals surface area (Å²) < 4.78 is 0. The van der Waals surface area contributed by atoms with Crippen molar-refractivity contribution in [2.75, 3.05) is 11.9 Å². The Labute approximate surface area is 84.4 Å². The molecule has 3 heteroatoms. The van der Waals surface area contributed by atoms with Crippen LogP contribution in [-0.4, -0.2) is 23.2 Å². The van der Waals surface area contributed by atoms with Crippen LogP contribution in [0.5, 0.6) is 0 Å². The molecule has 0 radical (unpaired) electrons. The summed E-state index contributed by atoms with van der Waals surface area (Å²) in [6.45, 7) is 1.73. The van der Waals surface area contributed by atoms with Gasteiger partial charge in [-0.2, -0.15) is 0 Å². The Balaban J connectivity index is 2.12. The Morgan fingerprint density at radius 1 is 1.50 bits per heavy atom. The summed E-state index contributed by atoms with van der Waals surface area (Å²) in [5, 5.41) is 9.30. The maximum Gasteiger partial charge on any atom is 0.0931 e. The van der Waals surface area contributed by atoms with E-state index in [4.69, 9.17) is 0 Å². The Bertz CT molecular complexity index is 304. The first-order valence-corrected chi connectivity index (χ1v) is 5.05. The van der Waals surface area contributed by atoms with Crippen LogP contribution < -0.4 is 4.90 Å². The lowest BCUT2D eigenvalue weighted by atomic mass is 10.2. The van der Waals surface area contributed by atoms with Crippen LogP contribution in [0.1, 0.15) is 31.6 Å². The van der Waals surface area contributed by atoms with Gasteiger partial charge in [-0.25, -0.2) is 0 Å². The van der Waals surface area contributed by atoms with E-state index in [2.05, 4.69) is 16.9 Å². The minimum absolute atomic E-state index is 0.477. The third-order valence-corrected chi connectivity index (χ3v) is 2.70. The zero-order valence-electron chi connectivity index (χ0n) is 8.64. The molecule has 1 heterocycles. The quantitative estimate of drug-likeness (QED) is 0.792. The molecular weight excluding hydrogens is 176 g/mol. The molecular formula is C11H16N2O. The zero-order valence-corrected chi connectivity index (χ0v) is 8.64. The molecule has 1 aromatic rings. The van der Waals surface area contributed by atoms with Crippen LogP contribution in [0.2, 0.25) is 0 Å². The van der Waals surface area contributed by atoms with E-state index in [1.54, 1.807) is 6.92 Å². The maximum absolute atomic E-state index is 9.30. The van der Waals surface area contributed by atoms with Gasteiger partial charge in [-0.05, 0) is 31.9 Å². The van der Waals surface area contributed by atoms with Gasteiger partial charge in [0.1, 0.15) is 0 Å². The van der Waals surface area contributed by atoms with Crippen molar-refractivity contribution in [3.63, 3.8) is 0 Å². The maximum atomic E-state index is 9.30. The molecule has 1 fully saturated rings. The van der Waals surface area contributed by atoms with Crippen LogP contribution in [0.3, 0.4) is 0 Å². The van der Waals surface area contributed by atoms with Gasteiger partial charge >= 0.3 is 0 Å². The van der Waals surface area contributed by atoms with Gasteiger partial charge in [0.15, 0.2) is 0 Å². The van der Waals surface area contributed by atoms with Crippen LogP contribution in [0.4, 0.5) is 5.69 Å². The predicted molar refractivity (Wildman–Crippen MR) is 56.3 cm³/mol. The molecule has 0 saturated heterocycles. The summed E-state index contributed by atoms with van der Waals surface area (Å²) >= 11 is 0.